The van der Waals surface area contributed by atoms with E-state index in [1.807, 2.05) is 0 Å². The standard InChI is InChI=1S/C15H21N3O5/c1-15(2,3)23-14(20)17(5)9-11-7-6-10(13(19)16-4)8-12(11)18(21)22/h6-8H,9H2,1-5H3,(H,16,19). The minimum absolute atomic E-state index is 0.000743. The van der Waals surface area contributed by atoms with Gasteiger partial charge in [-0.15, -0.1) is 0 Å². The first-order valence-electron chi connectivity index (χ1n) is 6.98. The molecule has 0 bridgehead atoms. The molecule has 23 heavy (non-hydrogen) atoms. The molecular formula is C15H21N3O5. The van der Waals surface area contributed by atoms with Gasteiger partial charge in [0, 0.05) is 31.3 Å². The number of ether oxygens (including phenoxy) is 1. The summed E-state index contributed by atoms with van der Waals surface area (Å²) in [5.74, 6) is -0.417. The second-order valence-corrected chi connectivity index (χ2v) is 6.02. The van der Waals surface area contributed by atoms with Crippen LogP contribution in [0.1, 0.15) is 36.7 Å². The molecule has 0 aliphatic carbocycles. The van der Waals surface area contributed by atoms with Gasteiger partial charge in [0.1, 0.15) is 5.60 Å². The van der Waals surface area contributed by atoms with E-state index in [1.165, 1.54) is 37.2 Å². The quantitative estimate of drug-likeness (QED) is 0.676. The lowest BCUT2D eigenvalue weighted by atomic mass is 10.1. The molecule has 0 saturated heterocycles. The highest BCUT2D eigenvalue weighted by Crippen LogP contribution is 2.22. The fourth-order valence-electron chi connectivity index (χ4n) is 1.81. The molecule has 2 amide bonds. The number of nitro benzene ring substituents is 1. The van der Waals surface area contributed by atoms with Gasteiger partial charge in [-0.05, 0) is 32.9 Å². The van der Waals surface area contributed by atoms with E-state index >= 15 is 0 Å². The van der Waals surface area contributed by atoms with E-state index in [1.54, 1.807) is 20.8 Å². The van der Waals surface area contributed by atoms with Gasteiger partial charge in [0.15, 0.2) is 0 Å². The summed E-state index contributed by atoms with van der Waals surface area (Å²) in [7, 11) is 2.93. The van der Waals surface area contributed by atoms with Crippen LogP contribution in [0.25, 0.3) is 0 Å². The van der Waals surface area contributed by atoms with Crippen LogP contribution < -0.4 is 5.32 Å². The van der Waals surface area contributed by atoms with Crippen LogP contribution in [0.5, 0.6) is 0 Å². The largest absolute Gasteiger partial charge is 0.444 e. The number of hydrogen-bond acceptors (Lipinski definition) is 5. The number of benzene rings is 1. The molecule has 1 aromatic rings. The lowest BCUT2D eigenvalue weighted by Gasteiger charge is -2.24. The zero-order valence-electron chi connectivity index (χ0n) is 13.9. The minimum Gasteiger partial charge on any atom is -0.444 e. The zero-order valence-corrected chi connectivity index (χ0v) is 13.9. The lowest BCUT2D eigenvalue weighted by molar-refractivity contribution is -0.385. The predicted molar refractivity (Wildman–Crippen MR) is 84.2 cm³/mol. The SMILES string of the molecule is CNC(=O)c1ccc(CN(C)C(=O)OC(C)(C)C)c([N+](=O)[O-])c1. The third kappa shape index (κ3) is 5.24. The Balaban J connectivity index is 3.02. The Labute approximate surface area is 134 Å². The van der Waals surface area contributed by atoms with Crippen molar-refractivity contribution in [2.45, 2.75) is 32.9 Å². The first-order chi connectivity index (χ1) is 10.5. The average Bonchev–Trinajstić information content (AvgIpc) is 2.44. The summed E-state index contributed by atoms with van der Waals surface area (Å²) < 4.78 is 5.20. The van der Waals surface area contributed by atoms with E-state index in [4.69, 9.17) is 4.74 Å². The summed E-state index contributed by atoms with van der Waals surface area (Å²) >= 11 is 0. The Morgan fingerprint density at radius 2 is 1.96 bits per heavy atom. The van der Waals surface area contributed by atoms with Crippen LogP contribution in [0.2, 0.25) is 0 Å². The fourth-order valence-corrected chi connectivity index (χ4v) is 1.81. The summed E-state index contributed by atoms with van der Waals surface area (Å²) in [6.45, 7) is 5.21. The number of hydrogen-bond donors (Lipinski definition) is 1. The molecule has 126 valence electrons. The Kier molecular flexibility index (Phi) is 5.67. The van der Waals surface area contributed by atoms with Gasteiger partial charge in [0.2, 0.25) is 0 Å². The Bertz CT molecular complexity index is 622. The highest BCUT2D eigenvalue weighted by atomic mass is 16.6. The molecule has 0 aromatic heterocycles. The molecule has 8 heteroatoms. The number of carbonyl (C=O) groups excluding carboxylic acids is 2. The van der Waals surface area contributed by atoms with Gasteiger partial charge in [-0.25, -0.2) is 4.79 Å². The maximum Gasteiger partial charge on any atom is 0.410 e. The molecule has 0 radical (unpaired) electrons. The van der Waals surface area contributed by atoms with E-state index in [2.05, 4.69) is 5.32 Å². The van der Waals surface area contributed by atoms with Gasteiger partial charge >= 0.3 is 6.09 Å². The molecule has 0 spiro atoms. The molecule has 0 aliphatic heterocycles. The summed E-state index contributed by atoms with van der Waals surface area (Å²) in [5, 5.41) is 13.6. The van der Waals surface area contributed by atoms with Crippen LogP contribution in [-0.2, 0) is 11.3 Å². The third-order valence-electron chi connectivity index (χ3n) is 2.88. The number of nitrogens with one attached hydrogen (secondary N) is 1. The molecule has 0 heterocycles. The smallest absolute Gasteiger partial charge is 0.410 e. The van der Waals surface area contributed by atoms with E-state index in [-0.39, 0.29) is 17.8 Å². The van der Waals surface area contributed by atoms with Crippen molar-refractivity contribution in [2.75, 3.05) is 14.1 Å². The van der Waals surface area contributed by atoms with Crippen molar-refractivity contribution in [3.05, 3.63) is 39.4 Å². The molecule has 8 nitrogen and oxygen atoms in total. The van der Waals surface area contributed by atoms with Crippen LogP contribution in [0, 0.1) is 10.1 Å². The normalized spacial score (nSPS) is 10.8. The molecule has 0 fully saturated rings. The van der Waals surface area contributed by atoms with Crippen LogP contribution >= 0.6 is 0 Å². The van der Waals surface area contributed by atoms with Crippen molar-refractivity contribution in [1.29, 1.82) is 0 Å². The number of rotatable bonds is 4. The lowest BCUT2D eigenvalue weighted by Crippen LogP contribution is -2.34. The number of amides is 2. The van der Waals surface area contributed by atoms with Crippen molar-refractivity contribution >= 4 is 17.7 Å². The van der Waals surface area contributed by atoms with Gasteiger partial charge in [0.25, 0.3) is 11.6 Å². The Morgan fingerprint density at radius 1 is 1.35 bits per heavy atom. The second-order valence-electron chi connectivity index (χ2n) is 6.02. The molecule has 0 unspecified atom stereocenters. The third-order valence-corrected chi connectivity index (χ3v) is 2.88. The number of nitro groups is 1. The van der Waals surface area contributed by atoms with E-state index in [0.29, 0.717) is 5.56 Å². The molecule has 0 saturated carbocycles. The van der Waals surface area contributed by atoms with Gasteiger partial charge < -0.3 is 15.0 Å². The van der Waals surface area contributed by atoms with Gasteiger partial charge in [0.05, 0.1) is 11.5 Å². The molecular weight excluding hydrogens is 302 g/mol. The number of carbonyl (C=O) groups is 2. The van der Waals surface area contributed by atoms with E-state index in [0.717, 1.165) is 0 Å². The van der Waals surface area contributed by atoms with E-state index < -0.39 is 22.5 Å². The molecule has 1 aromatic carbocycles. The van der Waals surface area contributed by atoms with Crippen molar-refractivity contribution < 1.29 is 19.2 Å². The van der Waals surface area contributed by atoms with Crippen molar-refractivity contribution in [1.82, 2.24) is 10.2 Å². The van der Waals surface area contributed by atoms with Crippen LogP contribution in [0.3, 0.4) is 0 Å². The monoisotopic (exact) mass is 323 g/mol. The second kappa shape index (κ2) is 7.08. The summed E-state index contributed by atoms with van der Waals surface area (Å²) in [6, 6.07) is 4.13. The van der Waals surface area contributed by atoms with Gasteiger partial charge in [-0.3, -0.25) is 14.9 Å². The summed E-state index contributed by atoms with van der Waals surface area (Å²) in [4.78, 5) is 35.4. The maximum atomic E-state index is 11.9. The van der Waals surface area contributed by atoms with Gasteiger partial charge in [-0.2, -0.15) is 0 Å². The first-order valence-corrected chi connectivity index (χ1v) is 6.98. The van der Waals surface area contributed by atoms with Crippen molar-refractivity contribution in [3.63, 3.8) is 0 Å². The average molecular weight is 323 g/mol. The Morgan fingerprint density at radius 3 is 2.43 bits per heavy atom. The first kappa shape index (κ1) is 18.4. The summed E-state index contributed by atoms with van der Waals surface area (Å²) in [6.07, 6.45) is -0.581. The Hall–Kier alpha value is -2.64. The molecule has 0 atom stereocenters. The molecule has 1 N–H and O–H groups in total. The molecule has 1 rings (SSSR count). The topological polar surface area (TPSA) is 102 Å². The fraction of sp³-hybridized carbons (Fsp3) is 0.467. The minimum atomic E-state index is -0.652. The predicted octanol–water partition coefficient (Wildman–Crippen LogP) is 2.32. The van der Waals surface area contributed by atoms with Crippen LogP contribution in [0.4, 0.5) is 10.5 Å². The van der Waals surface area contributed by atoms with Gasteiger partial charge in [-0.1, -0.05) is 0 Å². The highest BCUT2D eigenvalue weighted by molar-refractivity contribution is 5.94. The molecule has 0 aliphatic rings. The van der Waals surface area contributed by atoms with Crippen molar-refractivity contribution in [2.24, 2.45) is 0 Å². The van der Waals surface area contributed by atoms with Crippen LogP contribution in [-0.4, -0.2) is 41.5 Å². The van der Waals surface area contributed by atoms with E-state index in [9.17, 15) is 19.7 Å². The number of nitrogens with zero attached hydrogens (tertiary/aromatic N) is 2. The summed E-state index contributed by atoms with van der Waals surface area (Å²) in [5.41, 5.74) is -0.374. The highest BCUT2D eigenvalue weighted by Gasteiger charge is 2.23. The zero-order chi connectivity index (χ0) is 17.8. The van der Waals surface area contributed by atoms with Crippen molar-refractivity contribution in [3.8, 4) is 0 Å². The van der Waals surface area contributed by atoms with Crippen LogP contribution in [0.15, 0.2) is 18.2 Å². The maximum absolute atomic E-state index is 11.9.